The van der Waals surface area contributed by atoms with Crippen LogP contribution in [0.2, 0.25) is 0 Å². The van der Waals surface area contributed by atoms with Crippen LogP contribution in [-0.2, 0) is 0 Å². The van der Waals surface area contributed by atoms with Crippen molar-refractivity contribution in [2.24, 2.45) is 0 Å². The summed E-state index contributed by atoms with van der Waals surface area (Å²) in [5.74, 6) is 0.812. The molecule has 0 aliphatic heterocycles. The van der Waals surface area contributed by atoms with Gasteiger partial charge in [0.15, 0.2) is 5.16 Å². The average molecular weight is 364 g/mol. The van der Waals surface area contributed by atoms with E-state index in [4.69, 9.17) is 10.5 Å². The monoisotopic (exact) mass is 363 g/mol. The van der Waals surface area contributed by atoms with Gasteiger partial charge in [-0.15, -0.1) is 0 Å². The van der Waals surface area contributed by atoms with Crippen LogP contribution in [0.5, 0.6) is 5.75 Å². The molecular formula is C15H14BrN3OS. The minimum atomic E-state index is 0.778. The van der Waals surface area contributed by atoms with E-state index in [1.807, 2.05) is 31.2 Å². The van der Waals surface area contributed by atoms with Crippen LogP contribution in [0.4, 0.5) is 5.69 Å². The predicted octanol–water partition coefficient (Wildman–Crippen LogP) is 4.38. The van der Waals surface area contributed by atoms with Gasteiger partial charge in [0.25, 0.3) is 0 Å². The fourth-order valence-corrected chi connectivity index (χ4v) is 3.50. The van der Waals surface area contributed by atoms with Gasteiger partial charge in [0.05, 0.1) is 18.1 Å². The van der Waals surface area contributed by atoms with E-state index in [1.54, 1.807) is 18.9 Å². The van der Waals surface area contributed by atoms with Crippen molar-refractivity contribution in [3.05, 3.63) is 40.4 Å². The zero-order valence-corrected chi connectivity index (χ0v) is 14.0. The fraction of sp³-hybridized carbons (Fsp3) is 0.133. The Morgan fingerprint density at radius 2 is 2.10 bits per heavy atom. The third-order valence-electron chi connectivity index (χ3n) is 3.19. The van der Waals surface area contributed by atoms with Gasteiger partial charge in [-0.25, -0.2) is 4.98 Å². The standard InChI is InChI=1S/C15H14BrN3OS/c1-8-5-14(10(16)7-11(8)17)21-15-18-12-4-3-9(20-2)6-13(12)19-15/h3-7H,17H2,1-2H3,(H,18,19). The van der Waals surface area contributed by atoms with Gasteiger partial charge in [-0.2, -0.15) is 0 Å². The molecule has 3 N–H and O–H groups in total. The number of H-pyrrole nitrogens is 1. The lowest BCUT2D eigenvalue weighted by Crippen LogP contribution is -1.90. The number of benzene rings is 2. The quantitative estimate of drug-likeness (QED) is 0.677. The van der Waals surface area contributed by atoms with E-state index in [-0.39, 0.29) is 0 Å². The third-order valence-corrected chi connectivity index (χ3v) is 5.06. The van der Waals surface area contributed by atoms with Gasteiger partial charge in [0.2, 0.25) is 0 Å². The molecule has 4 nitrogen and oxygen atoms in total. The van der Waals surface area contributed by atoms with Crippen LogP contribution in [-0.4, -0.2) is 17.1 Å². The summed E-state index contributed by atoms with van der Waals surface area (Å²) in [6, 6.07) is 9.76. The number of methoxy groups -OCH3 is 1. The Kier molecular flexibility index (Phi) is 3.82. The van der Waals surface area contributed by atoms with E-state index in [2.05, 4.69) is 32.0 Å². The van der Waals surface area contributed by atoms with E-state index in [0.717, 1.165) is 42.6 Å². The third kappa shape index (κ3) is 2.87. The van der Waals surface area contributed by atoms with E-state index in [1.165, 1.54) is 0 Å². The zero-order chi connectivity index (χ0) is 15.0. The number of imidazole rings is 1. The molecule has 0 amide bonds. The summed E-state index contributed by atoms with van der Waals surface area (Å²) < 4.78 is 6.19. The van der Waals surface area contributed by atoms with Gasteiger partial charge in [0.1, 0.15) is 5.75 Å². The number of halogens is 1. The highest BCUT2D eigenvalue weighted by molar-refractivity contribution is 9.10. The maximum atomic E-state index is 5.90. The molecule has 0 saturated carbocycles. The zero-order valence-electron chi connectivity index (χ0n) is 11.6. The molecule has 3 rings (SSSR count). The summed E-state index contributed by atoms with van der Waals surface area (Å²) in [6.45, 7) is 2.00. The second-order valence-corrected chi connectivity index (χ2v) is 6.55. The number of aryl methyl sites for hydroxylation is 1. The van der Waals surface area contributed by atoms with E-state index >= 15 is 0 Å². The van der Waals surface area contributed by atoms with Gasteiger partial charge < -0.3 is 15.5 Å². The van der Waals surface area contributed by atoms with Crippen LogP contribution in [0.15, 0.2) is 44.9 Å². The molecule has 0 spiro atoms. The summed E-state index contributed by atoms with van der Waals surface area (Å²) >= 11 is 5.11. The van der Waals surface area contributed by atoms with Crippen LogP contribution < -0.4 is 10.5 Å². The number of aromatic amines is 1. The lowest BCUT2D eigenvalue weighted by Gasteiger charge is -2.06. The van der Waals surface area contributed by atoms with Crippen molar-refractivity contribution in [3.8, 4) is 5.75 Å². The second-order valence-electron chi connectivity index (χ2n) is 4.67. The van der Waals surface area contributed by atoms with E-state index in [0.29, 0.717) is 0 Å². The number of aromatic nitrogens is 2. The largest absolute Gasteiger partial charge is 0.497 e. The number of hydrogen-bond donors (Lipinski definition) is 2. The first-order valence-electron chi connectivity index (χ1n) is 6.34. The maximum Gasteiger partial charge on any atom is 0.171 e. The van der Waals surface area contributed by atoms with Crippen molar-refractivity contribution in [1.29, 1.82) is 0 Å². The maximum absolute atomic E-state index is 5.90. The summed E-state index contributed by atoms with van der Waals surface area (Å²) in [5, 5.41) is 0.836. The Labute approximate surface area is 135 Å². The topological polar surface area (TPSA) is 63.9 Å². The second kappa shape index (κ2) is 5.61. The number of fused-ring (bicyclic) bond motifs is 1. The lowest BCUT2D eigenvalue weighted by molar-refractivity contribution is 0.415. The molecule has 1 heterocycles. The van der Waals surface area contributed by atoms with Crippen molar-refractivity contribution in [3.63, 3.8) is 0 Å². The van der Waals surface area contributed by atoms with Crippen LogP contribution in [0.25, 0.3) is 11.0 Å². The fourth-order valence-electron chi connectivity index (χ4n) is 1.99. The van der Waals surface area contributed by atoms with Crippen molar-refractivity contribution < 1.29 is 4.74 Å². The molecule has 0 bridgehead atoms. The molecule has 0 aliphatic rings. The highest BCUT2D eigenvalue weighted by atomic mass is 79.9. The molecule has 0 fully saturated rings. The molecule has 3 aromatic rings. The molecule has 6 heteroatoms. The molecule has 0 atom stereocenters. The molecule has 0 radical (unpaired) electrons. The SMILES string of the molecule is COc1ccc2nc(Sc3cc(C)c(N)cc3Br)[nH]c2c1. The Hall–Kier alpha value is -1.66. The van der Waals surface area contributed by atoms with Crippen LogP contribution in [0.1, 0.15) is 5.56 Å². The number of nitrogens with two attached hydrogens (primary N) is 1. The highest BCUT2D eigenvalue weighted by Crippen LogP contribution is 2.35. The van der Waals surface area contributed by atoms with Crippen molar-refractivity contribution in [1.82, 2.24) is 9.97 Å². The van der Waals surface area contributed by atoms with Gasteiger partial charge >= 0.3 is 0 Å². The molecule has 0 saturated heterocycles. The number of rotatable bonds is 3. The smallest absolute Gasteiger partial charge is 0.171 e. The molecular weight excluding hydrogens is 350 g/mol. The van der Waals surface area contributed by atoms with Crippen LogP contribution in [0.3, 0.4) is 0 Å². The molecule has 21 heavy (non-hydrogen) atoms. The normalized spacial score (nSPS) is 11.0. The molecule has 108 valence electrons. The van der Waals surface area contributed by atoms with Crippen molar-refractivity contribution in [2.45, 2.75) is 17.0 Å². The summed E-state index contributed by atoms with van der Waals surface area (Å²) in [6.07, 6.45) is 0. The number of anilines is 1. The van der Waals surface area contributed by atoms with E-state index < -0.39 is 0 Å². The first-order valence-corrected chi connectivity index (χ1v) is 7.95. The Balaban J connectivity index is 1.96. The Morgan fingerprint density at radius 1 is 1.29 bits per heavy atom. The molecule has 2 aromatic carbocycles. The van der Waals surface area contributed by atoms with Gasteiger partial charge in [-0.3, -0.25) is 0 Å². The first-order chi connectivity index (χ1) is 10.1. The number of ether oxygens (including phenoxy) is 1. The summed E-state index contributed by atoms with van der Waals surface area (Å²) in [5.41, 5.74) is 9.61. The van der Waals surface area contributed by atoms with Gasteiger partial charge in [0, 0.05) is 21.1 Å². The predicted molar refractivity (Wildman–Crippen MR) is 90.1 cm³/mol. The van der Waals surface area contributed by atoms with Crippen LogP contribution >= 0.6 is 27.7 Å². The molecule has 0 aliphatic carbocycles. The Morgan fingerprint density at radius 3 is 2.86 bits per heavy atom. The number of nitrogen functional groups attached to an aromatic ring is 1. The number of nitrogens with zero attached hydrogens (tertiary/aromatic N) is 1. The summed E-state index contributed by atoms with van der Waals surface area (Å²) in [4.78, 5) is 8.95. The minimum absolute atomic E-state index is 0.778. The van der Waals surface area contributed by atoms with Crippen molar-refractivity contribution >= 4 is 44.4 Å². The number of hydrogen-bond acceptors (Lipinski definition) is 4. The molecule has 1 aromatic heterocycles. The van der Waals surface area contributed by atoms with Crippen molar-refractivity contribution in [2.75, 3.05) is 12.8 Å². The minimum Gasteiger partial charge on any atom is -0.497 e. The Bertz CT molecular complexity index is 816. The average Bonchev–Trinajstić information content (AvgIpc) is 2.85. The number of nitrogens with one attached hydrogen (secondary N) is 1. The first kappa shape index (κ1) is 14.3. The molecule has 0 unspecified atom stereocenters. The van der Waals surface area contributed by atoms with Gasteiger partial charge in [-0.1, -0.05) is 11.8 Å². The van der Waals surface area contributed by atoms with E-state index in [9.17, 15) is 0 Å². The highest BCUT2D eigenvalue weighted by Gasteiger charge is 2.09. The van der Waals surface area contributed by atoms with Crippen LogP contribution in [0, 0.1) is 6.92 Å². The summed E-state index contributed by atoms with van der Waals surface area (Å²) in [7, 11) is 1.65. The van der Waals surface area contributed by atoms with Gasteiger partial charge in [-0.05, 0) is 52.7 Å². The lowest BCUT2D eigenvalue weighted by atomic mass is 10.2.